The maximum atomic E-state index is 13.1. The molecule has 1 aliphatic heterocycles. The fraction of sp³-hybridized carbons (Fsp3) is 0.316. The zero-order chi connectivity index (χ0) is 20.4. The second-order valence-corrected chi connectivity index (χ2v) is 7.26. The number of allylic oxidation sites excluding steroid dienone is 1. The monoisotopic (exact) mass is 422 g/mol. The molecule has 7 nitrogen and oxygen atoms in total. The summed E-state index contributed by atoms with van der Waals surface area (Å²) in [7, 11) is 0. The van der Waals surface area contributed by atoms with Crippen LogP contribution in [0.25, 0.3) is 0 Å². The van der Waals surface area contributed by atoms with Gasteiger partial charge in [-0.15, -0.1) is 0 Å². The molecule has 1 unspecified atom stereocenters. The number of aryl methyl sites for hydroxylation is 1. The molecule has 1 atom stereocenters. The quantitative estimate of drug-likeness (QED) is 0.731. The molecule has 28 heavy (non-hydrogen) atoms. The number of nitrogens with one attached hydrogen (secondary N) is 2. The van der Waals surface area contributed by atoms with Crippen LogP contribution < -0.4 is 10.6 Å². The molecule has 2 N–H and O–H groups in total. The van der Waals surface area contributed by atoms with Crippen molar-refractivity contribution in [1.29, 1.82) is 0 Å². The van der Waals surface area contributed by atoms with Crippen LogP contribution >= 0.6 is 23.2 Å². The van der Waals surface area contributed by atoms with Gasteiger partial charge < -0.3 is 15.2 Å². The number of benzene rings is 1. The molecular weight excluding hydrogens is 403 g/mol. The van der Waals surface area contributed by atoms with E-state index in [0.717, 1.165) is 6.42 Å². The number of hydrogen-bond donors (Lipinski definition) is 2. The summed E-state index contributed by atoms with van der Waals surface area (Å²) in [5.74, 6) is 0.426. The van der Waals surface area contributed by atoms with E-state index in [2.05, 4.69) is 15.8 Å². The third kappa shape index (κ3) is 3.86. The number of urea groups is 1. The van der Waals surface area contributed by atoms with Gasteiger partial charge in [0.05, 0.1) is 11.6 Å². The molecule has 0 saturated heterocycles. The highest BCUT2D eigenvalue weighted by Gasteiger charge is 2.37. The van der Waals surface area contributed by atoms with E-state index in [0.29, 0.717) is 39.2 Å². The lowest BCUT2D eigenvalue weighted by Crippen LogP contribution is -2.48. The Bertz CT molecular complexity index is 934. The lowest BCUT2D eigenvalue weighted by Gasteiger charge is -2.36. The number of anilines is 1. The van der Waals surface area contributed by atoms with Crippen LogP contribution in [0.1, 0.15) is 37.6 Å². The standard InChI is InChI=1S/C19H20Cl2N4O3/c1-4-8-25-11(3)15(18(26)22-14-9-10(2)28-24-14)17(23-19(25)27)16-12(20)6-5-7-13(16)21/h5-7,9,17H,4,8H2,1-3H3,(H,23,27)(H,22,24,26). The third-order valence-corrected chi connectivity index (χ3v) is 5.11. The minimum absolute atomic E-state index is 0.283. The molecule has 2 heterocycles. The van der Waals surface area contributed by atoms with E-state index in [9.17, 15) is 9.59 Å². The lowest BCUT2D eigenvalue weighted by molar-refractivity contribution is -0.113. The molecular formula is C19H20Cl2N4O3. The summed E-state index contributed by atoms with van der Waals surface area (Å²) in [6.07, 6.45) is 0.736. The number of carbonyl (C=O) groups excluding carboxylic acids is 2. The highest BCUT2D eigenvalue weighted by atomic mass is 35.5. The van der Waals surface area contributed by atoms with E-state index in [1.54, 1.807) is 38.1 Å². The minimum atomic E-state index is -0.796. The molecule has 1 aliphatic rings. The molecule has 0 fully saturated rings. The Hall–Kier alpha value is -2.51. The van der Waals surface area contributed by atoms with E-state index in [1.165, 1.54) is 4.90 Å². The molecule has 0 aliphatic carbocycles. The van der Waals surface area contributed by atoms with Gasteiger partial charge in [0.2, 0.25) is 0 Å². The molecule has 1 aromatic heterocycles. The number of carbonyl (C=O) groups is 2. The lowest BCUT2D eigenvalue weighted by atomic mass is 9.94. The third-order valence-electron chi connectivity index (χ3n) is 4.45. The highest BCUT2D eigenvalue weighted by molar-refractivity contribution is 6.36. The van der Waals surface area contributed by atoms with Crippen molar-refractivity contribution in [3.8, 4) is 0 Å². The molecule has 3 rings (SSSR count). The average Bonchev–Trinajstić information content (AvgIpc) is 3.03. The second-order valence-electron chi connectivity index (χ2n) is 6.45. The van der Waals surface area contributed by atoms with Gasteiger partial charge in [0.25, 0.3) is 5.91 Å². The molecule has 9 heteroatoms. The van der Waals surface area contributed by atoms with Crippen LogP contribution in [-0.4, -0.2) is 28.5 Å². The molecule has 0 saturated carbocycles. The summed E-state index contributed by atoms with van der Waals surface area (Å²) in [5, 5.41) is 10.1. The first-order valence-electron chi connectivity index (χ1n) is 8.80. The molecule has 0 bridgehead atoms. The summed E-state index contributed by atoms with van der Waals surface area (Å²) >= 11 is 12.7. The number of aromatic nitrogens is 1. The Kier molecular flexibility index (Phi) is 5.96. The molecule has 0 spiro atoms. The first kappa shape index (κ1) is 20.2. The number of nitrogens with zero attached hydrogens (tertiary/aromatic N) is 2. The summed E-state index contributed by atoms with van der Waals surface area (Å²) in [6, 6.07) is 5.54. The van der Waals surface area contributed by atoms with Gasteiger partial charge >= 0.3 is 6.03 Å². The number of hydrogen-bond acceptors (Lipinski definition) is 4. The first-order chi connectivity index (χ1) is 13.3. The fourth-order valence-corrected chi connectivity index (χ4v) is 3.80. The maximum Gasteiger partial charge on any atom is 0.322 e. The van der Waals surface area contributed by atoms with Crippen LogP contribution in [0.2, 0.25) is 10.0 Å². The van der Waals surface area contributed by atoms with Crippen LogP contribution in [0.15, 0.2) is 40.1 Å². The van der Waals surface area contributed by atoms with Crippen LogP contribution in [0, 0.1) is 6.92 Å². The summed E-state index contributed by atoms with van der Waals surface area (Å²) in [5.41, 5.74) is 1.34. The zero-order valence-corrected chi connectivity index (χ0v) is 17.2. The van der Waals surface area contributed by atoms with Crippen LogP contribution in [0.5, 0.6) is 0 Å². The molecule has 148 valence electrons. The SMILES string of the molecule is CCCN1C(=O)NC(c2c(Cl)cccc2Cl)C(C(=O)Nc2cc(C)on2)=C1C. The first-order valence-corrected chi connectivity index (χ1v) is 9.56. The number of rotatable bonds is 5. The average molecular weight is 423 g/mol. The summed E-state index contributed by atoms with van der Waals surface area (Å²) < 4.78 is 5.00. The summed E-state index contributed by atoms with van der Waals surface area (Å²) in [4.78, 5) is 27.3. The normalized spacial score (nSPS) is 17.0. The van der Waals surface area contributed by atoms with Gasteiger partial charge in [-0.1, -0.05) is 41.3 Å². The summed E-state index contributed by atoms with van der Waals surface area (Å²) in [6.45, 7) is 5.88. The van der Waals surface area contributed by atoms with Crippen molar-refractivity contribution in [1.82, 2.24) is 15.4 Å². The molecule has 0 radical (unpaired) electrons. The predicted octanol–water partition coefficient (Wildman–Crippen LogP) is 4.68. The Morgan fingerprint density at radius 3 is 2.57 bits per heavy atom. The van der Waals surface area contributed by atoms with Gasteiger partial charge in [0.1, 0.15) is 5.76 Å². The van der Waals surface area contributed by atoms with E-state index in [4.69, 9.17) is 27.7 Å². The van der Waals surface area contributed by atoms with Gasteiger partial charge in [-0.05, 0) is 32.4 Å². The van der Waals surface area contributed by atoms with Gasteiger partial charge in [0, 0.05) is 33.9 Å². The Labute approximate surface area is 172 Å². The van der Waals surface area contributed by atoms with Crippen molar-refractivity contribution in [2.75, 3.05) is 11.9 Å². The van der Waals surface area contributed by atoms with E-state index in [-0.39, 0.29) is 11.8 Å². The van der Waals surface area contributed by atoms with Crippen molar-refractivity contribution >= 4 is 41.0 Å². The van der Waals surface area contributed by atoms with Crippen LogP contribution in [0.3, 0.4) is 0 Å². The molecule has 2 aromatic rings. The van der Waals surface area contributed by atoms with Crippen molar-refractivity contribution < 1.29 is 14.1 Å². The van der Waals surface area contributed by atoms with E-state index in [1.807, 2.05) is 6.92 Å². The van der Waals surface area contributed by atoms with Gasteiger partial charge in [0.15, 0.2) is 5.82 Å². The van der Waals surface area contributed by atoms with Crippen molar-refractivity contribution in [3.63, 3.8) is 0 Å². The molecule has 1 aromatic carbocycles. The maximum absolute atomic E-state index is 13.1. The zero-order valence-electron chi connectivity index (χ0n) is 15.7. The second kappa shape index (κ2) is 8.24. The van der Waals surface area contributed by atoms with E-state index >= 15 is 0 Å². The van der Waals surface area contributed by atoms with Crippen molar-refractivity contribution in [2.45, 2.75) is 33.2 Å². The highest BCUT2D eigenvalue weighted by Crippen LogP contribution is 2.38. The van der Waals surface area contributed by atoms with Gasteiger partial charge in [-0.25, -0.2) is 4.79 Å². The predicted molar refractivity (Wildman–Crippen MR) is 107 cm³/mol. The Morgan fingerprint density at radius 1 is 1.32 bits per heavy atom. The van der Waals surface area contributed by atoms with Crippen LogP contribution in [0.4, 0.5) is 10.6 Å². The number of halogens is 2. The van der Waals surface area contributed by atoms with Gasteiger partial charge in [-0.3, -0.25) is 9.69 Å². The van der Waals surface area contributed by atoms with E-state index < -0.39 is 11.9 Å². The smallest absolute Gasteiger partial charge is 0.322 e. The fourth-order valence-electron chi connectivity index (χ4n) is 3.18. The molecule has 3 amide bonds. The number of amides is 3. The van der Waals surface area contributed by atoms with Gasteiger partial charge in [-0.2, -0.15) is 0 Å². The Balaban J connectivity index is 2.09. The van der Waals surface area contributed by atoms with Crippen LogP contribution in [-0.2, 0) is 4.79 Å². The Morgan fingerprint density at radius 2 is 2.00 bits per heavy atom. The topological polar surface area (TPSA) is 87.5 Å². The van der Waals surface area contributed by atoms with Crippen molar-refractivity contribution in [2.24, 2.45) is 0 Å². The largest absolute Gasteiger partial charge is 0.360 e. The van der Waals surface area contributed by atoms with Crippen molar-refractivity contribution in [3.05, 3.63) is 56.9 Å². The minimum Gasteiger partial charge on any atom is -0.360 e.